The number of aryl methyl sites for hydroxylation is 1. The lowest BCUT2D eigenvalue weighted by atomic mass is 10.2. The fourth-order valence-corrected chi connectivity index (χ4v) is 3.30. The maximum atomic E-state index is 12.2. The van der Waals surface area contributed by atoms with Gasteiger partial charge in [-0.2, -0.15) is 0 Å². The number of benzene rings is 1. The molecule has 2 heteroatoms. The summed E-state index contributed by atoms with van der Waals surface area (Å²) >= 11 is 0. The van der Waals surface area contributed by atoms with Crippen LogP contribution in [0.3, 0.4) is 0 Å². The first kappa shape index (κ1) is 8.52. The predicted octanol–water partition coefficient (Wildman–Crippen LogP) is 3.02. The quantitative estimate of drug-likeness (QED) is 0.622. The summed E-state index contributed by atoms with van der Waals surface area (Å²) in [6, 6.07) is 7.87. The van der Waals surface area contributed by atoms with Gasteiger partial charge in [0, 0.05) is 5.30 Å². The van der Waals surface area contributed by atoms with Gasteiger partial charge in [-0.1, -0.05) is 35.9 Å². The van der Waals surface area contributed by atoms with E-state index in [2.05, 4.69) is 0 Å². The fraction of sp³-hybridized carbons (Fsp3) is 0.0909. The van der Waals surface area contributed by atoms with E-state index in [1.54, 1.807) is 11.6 Å². The van der Waals surface area contributed by atoms with E-state index in [0.717, 1.165) is 10.9 Å². The summed E-state index contributed by atoms with van der Waals surface area (Å²) in [5.41, 5.74) is 1.15. The largest absolute Gasteiger partial charge is 0.310 e. The van der Waals surface area contributed by atoms with Crippen molar-refractivity contribution in [1.82, 2.24) is 0 Å². The van der Waals surface area contributed by atoms with Crippen molar-refractivity contribution < 1.29 is 4.57 Å². The second kappa shape index (κ2) is 3.01. The summed E-state index contributed by atoms with van der Waals surface area (Å²) in [5, 5.41) is 0.928. The average Bonchev–Trinajstić information content (AvgIpc) is 2.54. The van der Waals surface area contributed by atoms with Crippen LogP contribution in [0.2, 0.25) is 0 Å². The molecule has 0 aliphatic carbocycles. The van der Waals surface area contributed by atoms with E-state index in [1.165, 1.54) is 0 Å². The zero-order chi connectivity index (χ0) is 9.31. The van der Waals surface area contributed by atoms with Crippen LogP contribution < -0.4 is 5.30 Å². The van der Waals surface area contributed by atoms with Gasteiger partial charge in [-0.05, 0) is 24.6 Å². The summed E-state index contributed by atoms with van der Waals surface area (Å²) in [6.45, 7) is 2.01. The molecule has 1 nitrogen and oxygen atoms in total. The van der Waals surface area contributed by atoms with Gasteiger partial charge >= 0.3 is 0 Å². The third kappa shape index (κ3) is 1.52. The van der Waals surface area contributed by atoms with Gasteiger partial charge in [-0.15, -0.1) is 0 Å². The third-order valence-electron chi connectivity index (χ3n) is 2.13. The molecule has 0 aromatic heterocycles. The first-order valence-electron chi connectivity index (χ1n) is 4.24. The molecule has 0 bridgehead atoms. The fourth-order valence-electron chi connectivity index (χ4n) is 1.42. The third-order valence-corrected chi connectivity index (χ3v) is 4.45. The second-order valence-electron chi connectivity index (χ2n) is 3.23. The minimum Gasteiger partial charge on any atom is -0.310 e. The minimum absolute atomic E-state index is 0.928. The molecule has 66 valence electrons. The standard InChI is InChI=1S/C11H11OP/c1-10-5-4-6-11(9-10)13(12)7-2-3-8-13/h2-9H,1H3. The highest BCUT2D eigenvalue weighted by molar-refractivity contribution is 7.77. The highest BCUT2D eigenvalue weighted by Crippen LogP contribution is 2.50. The highest BCUT2D eigenvalue weighted by atomic mass is 31.2. The van der Waals surface area contributed by atoms with E-state index in [-0.39, 0.29) is 0 Å². The molecule has 0 unspecified atom stereocenters. The van der Waals surface area contributed by atoms with E-state index < -0.39 is 7.14 Å². The summed E-state index contributed by atoms with van der Waals surface area (Å²) in [7, 11) is -2.31. The SMILES string of the molecule is Cc1cccc(P2(=O)C=CC=C2)c1. The monoisotopic (exact) mass is 190 g/mol. The summed E-state index contributed by atoms with van der Waals surface area (Å²) < 4.78 is 12.2. The van der Waals surface area contributed by atoms with Gasteiger partial charge in [0.15, 0.2) is 7.14 Å². The number of rotatable bonds is 1. The first-order valence-corrected chi connectivity index (χ1v) is 6.09. The van der Waals surface area contributed by atoms with Crippen LogP contribution in [-0.4, -0.2) is 0 Å². The van der Waals surface area contributed by atoms with Crippen LogP contribution in [0.15, 0.2) is 48.1 Å². The van der Waals surface area contributed by atoms with Crippen molar-refractivity contribution >= 4 is 12.4 Å². The molecule has 0 atom stereocenters. The van der Waals surface area contributed by atoms with E-state index >= 15 is 0 Å². The Bertz CT molecular complexity index is 413. The van der Waals surface area contributed by atoms with Crippen LogP contribution >= 0.6 is 7.14 Å². The molecule has 13 heavy (non-hydrogen) atoms. The van der Waals surface area contributed by atoms with E-state index in [9.17, 15) is 4.57 Å². The number of hydrogen-bond donors (Lipinski definition) is 0. The van der Waals surface area contributed by atoms with E-state index in [4.69, 9.17) is 0 Å². The Hall–Kier alpha value is -1.07. The summed E-state index contributed by atoms with van der Waals surface area (Å²) in [4.78, 5) is 0. The maximum absolute atomic E-state index is 12.2. The summed E-state index contributed by atoms with van der Waals surface area (Å²) in [5.74, 6) is 3.59. The number of hydrogen-bond acceptors (Lipinski definition) is 1. The summed E-state index contributed by atoms with van der Waals surface area (Å²) in [6.07, 6.45) is 3.70. The number of allylic oxidation sites excluding steroid dienone is 2. The zero-order valence-electron chi connectivity index (χ0n) is 7.47. The Labute approximate surface area is 78.2 Å². The van der Waals surface area contributed by atoms with Gasteiger partial charge in [-0.25, -0.2) is 0 Å². The first-order chi connectivity index (χ1) is 6.21. The van der Waals surface area contributed by atoms with Gasteiger partial charge in [0.2, 0.25) is 0 Å². The van der Waals surface area contributed by atoms with Crippen molar-refractivity contribution in [1.29, 1.82) is 0 Å². The molecule has 0 saturated carbocycles. The Balaban J connectivity index is 2.52. The lowest BCUT2D eigenvalue weighted by Crippen LogP contribution is -2.00. The normalized spacial score (nSPS) is 17.9. The molecule has 1 heterocycles. The van der Waals surface area contributed by atoms with Gasteiger partial charge in [0.05, 0.1) is 0 Å². The van der Waals surface area contributed by atoms with Crippen LogP contribution in [0, 0.1) is 6.92 Å². The second-order valence-corrected chi connectivity index (χ2v) is 5.76. The minimum atomic E-state index is -2.31. The highest BCUT2D eigenvalue weighted by Gasteiger charge is 2.19. The van der Waals surface area contributed by atoms with Crippen molar-refractivity contribution in [2.45, 2.75) is 6.92 Å². The van der Waals surface area contributed by atoms with Gasteiger partial charge in [0.1, 0.15) is 0 Å². The van der Waals surface area contributed by atoms with Crippen LogP contribution in [0.5, 0.6) is 0 Å². The van der Waals surface area contributed by atoms with Gasteiger partial charge in [0.25, 0.3) is 0 Å². The van der Waals surface area contributed by atoms with Gasteiger partial charge < -0.3 is 4.57 Å². The topological polar surface area (TPSA) is 17.1 Å². The Kier molecular flexibility index (Phi) is 1.97. The smallest absolute Gasteiger partial charge is 0.157 e. The molecule has 0 amide bonds. The lowest BCUT2D eigenvalue weighted by Gasteiger charge is -2.07. The molecule has 0 spiro atoms. The molecule has 2 rings (SSSR count). The maximum Gasteiger partial charge on any atom is 0.157 e. The van der Waals surface area contributed by atoms with Crippen molar-refractivity contribution in [3.8, 4) is 0 Å². The van der Waals surface area contributed by atoms with E-state index in [1.807, 2.05) is 43.3 Å². The van der Waals surface area contributed by atoms with Crippen LogP contribution in [-0.2, 0) is 4.57 Å². The molecular weight excluding hydrogens is 179 g/mol. The van der Waals surface area contributed by atoms with Crippen LogP contribution in [0.4, 0.5) is 0 Å². The van der Waals surface area contributed by atoms with Gasteiger partial charge in [-0.3, -0.25) is 0 Å². The molecule has 1 aromatic carbocycles. The van der Waals surface area contributed by atoms with Crippen molar-refractivity contribution in [3.05, 3.63) is 53.6 Å². The molecule has 1 aliphatic heterocycles. The molecule has 1 aromatic rings. The molecule has 1 aliphatic rings. The van der Waals surface area contributed by atoms with Crippen molar-refractivity contribution in [2.24, 2.45) is 0 Å². The Morgan fingerprint density at radius 2 is 1.85 bits per heavy atom. The predicted molar refractivity (Wildman–Crippen MR) is 56.7 cm³/mol. The molecule has 0 saturated heterocycles. The van der Waals surface area contributed by atoms with Crippen molar-refractivity contribution in [3.63, 3.8) is 0 Å². The molecule has 0 N–H and O–H groups in total. The molecule has 0 radical (unpaired) electrons. The Morgan fingerprint density at radius 3 is 2.46 bits per heavy atom. The lowest BCUT2D eigenvalue weighted by molar-refractivity contribution is 0.592. The molecule has 0 fully saturated rings. The average molecular weight is 190 g/mol. The van der Waals surface area contributed by atoms with Crippen molar-refractivity contribution in [2.75, 3.05) is 0 Å². The Morgan fingerprint density at radius 1 is 1.15 bits per heavy atom. The van der Waals surface area contributed by atoms with Crippen LogP contribution in [0.25, 0.3) is 0 Å². The van der Waals surface area contributed by atoms with Crippen LogP contribution in [0.1, 0.15) is 5.56 Å². The molecular formula is C11H11OP. The zero-order valence-corrected chi connectivity index (χ0v) is 8.37. The van der Waals surface area contributed by atoms with E-state index in [0.29, 0.717) is 0 Å².